The number of carbonyl (C=O) groups excluding carboxylic acids is 1. The van der Waals surface area contributed by atoms with Gasteiger partial charge in [-0.25, -0.2) is 4.98 Å². The summed E-state index contributed by atoms with van der Waals surface area (Å²) < 4.78 is 5.42. The van der Waals surface area contributed by atoms with Gasteiger partial charge >= 0.3 is 0 Å². The van der Waals surface area contributed by atoms with Crippen LogP contribution in [-0.4, -0.2) is 43.2 Å². The molecule has 5 heteroatoms. The molecule has 134 valence electrons. The van der Waals surface area contributed by atoms with Crippen LogP contribution in [0.4, 0.5) is 5.82 Å². The summed E-state index contributed by atoms with van der Waals surface area (Å²) in [6.45, 7) is 2.92. The van der Waals surface area contributed by atoms with Crippen molar-refractivity contribution in [1.82, 2.24) is 10.3 Å². The van der Waals surface area contributed by atoms with Crippen LogP contribution in [0.1, 0.15) is 33.8 Å². The average Bonchev–Trinajstić information content (AvgIpc) is 3.42. The van der Waals surface area contributed by atoms with E-state index in [2.05, 4.69) is 39.5 Å². The second kappa shape index (κ2) is 6.40. The first kappa shape index (κ1) is 15.8. The van der Waals surface area contributed by atoms with Gasteiger partial charge in [0.05, 0.1) is 18.8 Å². The summed E-state index contributed by atoms with van der Waals surface area (Å²) in [7, 11) is 0. The summed E-state index contributed by atoms with van der Waals surface area (Å²) in [6.07, 6.45) is 4.04. The van der Waals surface area contributed by atoms with E-state index in [-0.39, 0.29) is 11.9 Å². The van der Waals surface area contributed by atoms with Crippen LogP contribution in [-0.2, 0) is 11.2 Å². The Morgan fingerprint density at radius 3 is 2.88 bits per heavy atom. The van der Waals surface area contributed by atoms with Crippen LogP contribution in [0.3, 0.4) is 0 Å². The smallest absolute Gasteiger partial charge is 0.255 e. The molecule has 1 aromatic carbocycles. The summed E-state index contributed by atoms with van der Waals surface area (Å²) in [6, 6.07) is 12.6. The lowest BCUT2D eigenvalue weighted by molar-refractivity contribution is 0.0946. The van der Waals surface area contributed by atoms with Gasteiger partial charge in [0.2, 0.25) is 0 Å². The van der Waals surface area contributed by atoms with Crippen LogP contribution >= 0.6 is 0 Å². The fourth-order valence-electron chi connectivity index (χ4n) is 4.59. The first-order valence-corrected chi connectivity index (χ1v) is 9.49. The van der Waals surface area contributed by atoms with Gasteiger partial charge in [0.1, 0.15) is 5.82 Å². The summed E-state index contributed by atoms with van der Waals surface area (Å²) in [4.78, 5) is 19.6. The fourth-order valence-corrected chi connectivity index (χ4v) is 4.59. The minimum Gasteiger partial charge on any atom is -0.378 e. The van der Waals surface area contributed by atoms with Crippen LogP contribution in [0, 0.1) is 5.92 Å². The maximum absolute atomic E-state index is 13.0. The quantitative estimate of drug-likeness (QED) is 0.924. The molecule has 5 nitrogen and oxygen atoms in total. The number of pyridine rings is 1. The summed E-state index contributed by atoms with van der Waals surface area (Å²) in [5, 5.41) is 3.30. The Balaban J connectivity index is 1.35. The van der Waals surface area contributed by atoms with Crippen LogP contribution in [0.15, 0.2) is 42.6 Å². The van der Waals surface area contributed by atoms with Gasteiger partial charge in [0, 0.05) is 31.2 Å². The van der Waals surface area contributed by atoms with Gasteiger partial charge in [0.15, 0.2) is 0 Å². The van der Waals surface area contributed by atoms with Crippen molar-refractivity contribution in [3.8, 4) is 0 Å². The Hall–Kier alpha value is -2.40. The molecule has 1 saturated heterocycles. The lowest BCUT2D eigenvalue weighted by Crippen LogP contribution is -2.38. The molecule has 1 saturated carbocycles. The lowest BCUT2D eigenvalue weighted by atomic mass is 9.92. The van der Waals surface area contributed by atoms with Gasteiger partial charge in [-0.2, -0.15) is 0 Å². The third-order valence-corrected chi connectivity index (χ3v) is 5.97. The highest BCUT2D eigenvalue weighted by molar-refractivity contribution is 5.99. The van der Waals surface area contributed by atoms with Crippen LogP contribution in [0.25, 0.3) is 0 Å². The number of nitrogens with one attached hydrogen (secondary N) is 1. The topological polar surface area (TPSA) is 54.5 Å². The van der Waals surface area contributed by atoms with Gasteiger partial charge in [-0.15, -0.1) is 0 Å². The Kier molecular flexibility index (Phi) is 3.89. The van der Waals surface area contributed by atoms with Crippen molar-refractivity contribution < 1.29 is 9.53 Å². The molecule has 0 radical (unpaired) electrons. The van der Waals surface area contributed by atoms with Crippen molar-refractivity contribution in [1.29, 1.82) is 0 Å². The molecule has 2 aliphatic carbocycles. The van der Waals surface area contributed by atoms with Gasteiger partial charge in [-0.05, 0) is 42.0 Å². The highest BCUT2D eigenvalue weighted by atomic mass is 16.5. The Morgan fingerprint density at radius 2 is 2.00 bits per heavy atom. The van der Waals surface area contributed by atoms with Crippen molar-refractivity contribution >= 4 is 11.7 Å². The molecule has 26 heavy (non-hydrogen) atoms. The van der Waals surface area contributed by atoms with E-state index in [4.69, 9.17) is 4.74 Å². The molecule has 0 bridgehead atoms. The molecular formula is C21H23N3O2. The molecule has 1 aromatic heterocycles. The summed E-state index contributed by atoms with van der Waals surface area (Å²) in [5.74, 6) is 1.83. The van der Waals surface area contributed by atoms with Gasteiger partial charge in [-0.1, -0.05) is 24.3 Å². The van der Waals surface area contributed by atoms with E-state index in [1.54, 1.807) is 6.20 Å². The number of rotatable bonds is 3. The van der Waals surface area contributed by atoms with Crippen LogP contribution in [0.5, 0.6) is 0 Å². The SMILES string of the molecule is O=C(NC1C2CCc3ccccc3C21)c1cccnc1N1CCOCC1. The van der Waals surface area contributed by atoms with E-state index in [0.717, 1.165) is 31.7 Å². The Bertz CT molecular complexity index is 832. The molecular weight excluding hydrogens is 326 g/mol. The van der Waals surface area contributed by atoms with Crippen LogP contribution < -0.4 is 10.2 Å². The number of carbonyl (C=O) groups is 1. The lowest BCUT2D eigenvalue weighted by Gasteiger charge is -2.29. The fraction of sp³-hybridized carbons (Fsp3) is 0.429. The van der Waals surface area contributed by atoms with Crippen LogP contribution in [0.2, 0.25) is 0 Å². The highest BCUT2D eigenvalue weighted by Crippen LogP contribution is 2.54. The van der Waals surface area contributed by atoms with Crippen molar-refractivity contribution in [2.75, 3.05) is 31.2 Å². The number of nitrogens with zero attached hydrogens (tertiary/aromatic N) is 2. The molecule has 2 aromatic rings. The third kappa shape index (κ3) is 2.67. The molecule has 3 aliphatic rings. The zero-order valence-electron chi connectivity index (χ0n) is 14.7. The van der Waals surface area contributed by atoms with E-state index in [9.17, 15) is 4.79 Å². The predicted octanol–water partition coefficient (Wildman–Crippen LogP) is 2.38. The molecule has 1 amide bonds. The molecule has 1 N–H and O–H groups in total. The number of aryl methyl sites for hydroxylation is 1. The number of anilines is 1. The van der Waals surface area contributed by atoms with E-state index in [0.29, 0.717) is 30.6 Å². The normalized spacial score (nSPS) is 26.6. The van der Waals surface area contributed by atoms with Crippen molar-refractivity contribution in [2.24, 2.45) is 5.92 Å². The van der Waals surface area contributed by atoms with Crippen molar-refractivity contribution in [3.05, 3.63) is 59.3 Å². The number of benzene rings is 1. The largest absolute Gasteiger partial charge is 0.378 e. The van der Waals surface area contributed by atoms with Crippen molar-refractivity contribution in [2.45, 2.75) is 24.8 Å². The highest BCUT2D eigenvalue weighted by Gasteiger charge is 2.53. The zero-order valence-corrected chi connectivity index (χ0v) is 14.7. The number of amides is 1. The minimum atomic E-state index is -0.00327. The minimum absolute atomic E-state index is 0.00327. The van der Waals surface area contributed by atoms with Gasteiger partial charge in [-0.3, -0.25) is 4.79 Å². The number of hydrogen-bond acceptors (Lipinski definition) is 4. The number of hydrogen-bond donors (Lipinski definition) is 1. The molecule has 2 fully saturated rings. The Morgan fingerprint density at radius 1 is 1.15 bits per heavy atom. The van der Waals surface area contributed by atoms with E-state index in [1.807, 2.05) is 12.1 Å². The number of fused-ring (bicyclic) bond motifs is 3. The predicted molar refractivity (Wildman–Crippen MR) is 99.5 cm³/mol. The van der Waals surface area contributed by atoms with Gasteiger partial charge in [0.25, 0.3) is 5.91 Å². The molecule has 3 atom stereocenters. The first-order chi connectivity index (χ1) is 12.8. The molecule has 5 rings (SSSR count). The van der Waals surface area contributed by atoms with E-state index < -0.39 is 0 Å². The van der Waals surface area contributed by atoms with Crippen molar-refractivity contribution in [3.63, 3.8) is 0 Å². The zero-order chi connectivity index (χ0) is 17.5. The summed E-state index contributed by atoms with van der Waals surface area (Å²) >= 11 is 0. The second-order valence-electron chi connectivity index (χ2n) is 7.40. The maximum Gasteiger partial charge on any atom is 0.255 e. The first-order valence-electron chi connectivity index (χ1n) is 9.49. The maximum atomic E-state index is 13.0. The molecule has 0 spiro atoms. The molecule has 2 heterocycles. The monoisotopic (exact) mass is 349 g/mol. The summed E-state index contributed by atoms with van der Waals surface area (Å²) in [5.41, 5.74) is 3.54. The third-order valence-electron chi connectivity index (χ3n) is 5.97. The van der Waals surface area contributed by atoms with E-state index in [1.165, 1.54) is 11.1 Å². The number of ether oxygens (including phenoxy) is 1. The average molecular weight is 349 g/mol. The number of aromatic nitrogens is 1. The number of morpholine rings is 1. The molecule has 1 aliphatic heterocycles. The standard InChI is InChI=1S/C21H23N3O2/c25-21(17-6-3-9-22-20(17)24-10-12-26-13-11-24)23-19-16-8-7-14-4-1-2-5-15(14)18(16)19/h1-6,9,16,18-19H,7-8,10-13H2,(H,23,25). The van der Waals surface area contributed by atoms with Gasteiger partial charge < -0.3 is 15.0 Å². The Labute approximate surface area is 153 Å². The van der Waals surface area contributed by atoms with E-state index >= 15 is 0 Å². The second-order valence-corrected chi connectivity index (χ2v) is 7.40. The molecule has 3 unspecified atom stereocenters.